The third-order valence-corrected chi connectivity index (χ3v) is 4.19. The van der Waals surface area contributed by atoms with E-state index in [1.54, 1.807) is 16.8 Å². The highest BCUT2D eigenvalue weighted by Gasteiger charge is 2.41. The highest BCUT2D eigenvalue weighted by molar-refractivity contribution is 5.86. The van der Waals surface area contributed by atoms with Crippen LogP contribution in [0.1, 0.15) is 11.6 Å². The van der Waals surface area contributed by atoms with Gasteiger partial charge in [-0.05, 0) is 5.56 Å². The molecule has 2 atom stereocenters. The molecule has 0 N–H and O–H groups in total. The van der Waals surface area contributed by atoms with E-state index < -0.39 is 12.1 Å². The van der Waals surface area contributed by atoms with Crippen molar-refractivity contribution in [3.8, 4) is 0 Å². The van der Waals surface area contributed by atoms with Gasteiger partial charge in [-0.25, -0.2) is 0 Å². The summed E-state index contributed by atoms with van der Waals surface area (Å²) in [6.45, 7) is 2.17. The predicted molar refractivity (Wildman–Crippen MR) is 79.1 cm³/mol. The Morgan fingerprint density at radius 2 is 1.86 bits per heavy atom. The number of likely N-dealkylation sites (N-methyl/N-ethyl adjacent to an activating group) is 1. The van der Waals surface area contributed by atoms with E-state index in [9.17, 15) is 9.59 Å². The largest absolute Gasteiger partial charge is 0.378 e. The van der Waals surface area contributed by atoms with Gasteiger partial charge in [-0.15, -0.1) is 0 Å². The van der Waals surface area contributed by atoms with E-state index in [0.717, 1.165) is 5.56 Å². The van der Waals surface area contributed by atoms with Crippen LogP contribution in [-0.2, 0) is 19.1 Å². The van der Waals surface area contributed by atoms with Gasteiger partial charge in [0.2, 0.25) is 5.91 Å². The summed E-state index contributed by atoms with van der Waals surface area (Å²) in [5.74, 6) is -0.184. The molecule has 2 amide bonds. The molecule has 0 radical (unpaired) electrons. The molecule has 1 aromatic carbocycles. The van der Waals surface area contributed by atoms with Crippen LogP contribution in [0.15, 0.2) is 30.3 Å². The van der Waals surface area contributed by atoms with Crippen LogP contribution in [0.3, 0.4) is 0 Å². The van der Waals surface area contributed by atoms with Gasteiger partial charge >= 0.3 is 0 Å². The second-order valence-electron chi connectivity index (χ2n) is 5.53. The number of hydrogen-bond donors (Lipinski definition) is 0. The van der Waals surface area contributed by atoms with E-state index in [-0.39, 0.29) is 18.4 Å². The fraction of sp³-hybridized carbons (Fsp3) is 0.500. The fourth-order valence-corrected chi connectivity index (χ4v) is 2.93. The third-order valence-electron chi connectivity index (χ3n) is 4.19. The summed E-state index contributed by atoms with van der Waals surface area (Å²) in [4.78, 5) is 28.1. The van der Waals surface area contributed by atoms with Crippen LogP contribution in [0.2, 0.25) is 0 Å². The SMILES string of the molecule is CN1C(=O)CO[C@H](C(=O)N2CCOCC2)[C@H]1c1ccccc1. The van der Waals surface area contributed by atoms with Gasteiger partial charge in [0.25, 0.3) is 5.91 Å². The number of carbonyl (C=O) groups excluding carboxylic acids is 2. The van der Waals surface area contributed by atoms with Crippen molar-refractivity contribution >= 4 is 11.8 Å². The number of rotatable bonds is 2. The average Bonchev–Trinajstić information content (AvgIpc) is 2.58. The molecule has 0 aromatic heterocycles. The molecule has 0 saturated carbocycles. The topological polar surface area (TPSA) is 59.1 Å². The highest BCUT2D eigenvalue weighted by atomic mass is 16.5. The Morgan fingerprint density at radius 3 is 2.55 bits per heavy atom. The molecule has 3 rings (SSSR count). The molecule has 1 aromatic rings. The smallest absolute Gasteiger partial charge is 0.254 e. The van der Waals surface area contributed by atoms with Crippen molar-refractivity contribution in [2.45, 2.75) is 12.1 Å². The molecule has 2 fully saturated rings. The summed E-state index contributed by atoms with van der Waals surface area (Å²) in [5.41, 5.74) is 0.907. The number of amides is 2. The maximum atomic E-state index is 12.8. The van der Waals surface area contributed by atoms with Crippen molar-refractivity contribution in [3.63, 3.8) is 0 Å². The van der Waals surface area contributed by atoms with Crippen molar-refractivity contribution in [3.05, 3.63) is 35.9 Å². The summed E-state index contributed by atoms with van der Waals surface area (Å²) in [5, 5.41) is 0. The Morgan fingerprint density at radius 1 is 1.18 bits per heavy atom. The monoisotopic (exact) mass is 304 g/mol. The van der Waals surface area contributed by atoms with E-state index in [1.165, 1.54) is 0 Å². The molecule has 0 unspecified atom stereocenters. The van der Waals surface area contributed by atoms with E-state index in [1.807, 2.05) is 30.3 Å². The standard InChI is InChI=1S/C16H20N2O4/c1-17-13(19)11-22-15(14(17)12-5-3-2-4-6-12)16(20)18-7-9-21-10-8-18/h2-6,14-15H,7-11H2,1H3/t14-,15+/m1/s1. The Labute approximate surface area is 129 Å². The Balaban J connectivity index is 1.86. The summed E-state index contributed by atoms with van der Waals surface area (Å²) >= 11 is 0. The highest BCUT2D eigenvalue weighted by Crippen LogP contribution is 2.30. The van der Waals surface area contributed by atoms with Gasteiger partial charge in [-0.2, -0.15) is 0 Å². The van der Waals surface area contributed by atoms with Crippen LogP contribution in [0.4, 0.5) is 0 Å². The van der Waals surface area contributed by atoms with Crippen LogP contribution >= 0.6 is 0 Å². The molecule has 0 aliphatic carbocycles. The zero-order valence-corrected chi connectivity index (χ0v) is 12.6. The summed E-state index contributed by atoms with van der Waals surface area (Å²) < 4.78 is 10.9. The number of carbonyl (C=O) groups is 2. The first-order valence-electron chi connectivity index (χ1n) is 7.47. The minimum Gasteiger partial charge on any atom is -0.378 e. The second kappa shape index (κ2) is 6.46. The molecule has 2 heterocycles. The van der Waals surface area contributed by atoms with Gasteiger partial charge in [0, 0.05) is 20.1 Å². The first-order valence-corrected chi connectivity index (χ1v) is 7.47. The van der Waals surface area contributed by atoms with Crippen molar-refractivity contribution in [2.75, 3.05) is 40.0 Å². The normalized spacial score (nSPS) is 26.1. The predicted octanol–water partition coefficient (Wildman–Crippen LogP) is 0.444. The van der Waals surface area contributed by atoms with Crippen LogP contribution in [-0.4, -0.2) is 67.7 Å². The molecule has 22 heavy (non-hydrogen) atoms. The zero-order valence-electron chi connectivity index (χ0n) is 12.6. The van der Waals surface area contributed by atoms with Gasteiger partial charge in [-0.1, -0.05) is 30.3 Å². The quantitative estimate of drug-likeness (QED) is 0.796. The van der Waals surface area contributed by atoms with Crippen molar-refractivity contribution < 1.29 is 19.1 Å². The summed E-state index contributed by atoms with van der Waals surface area (Å²) in [6.07, 6.45) is -0.664. The molecule has 2 aliphatic heterocycles. The first-order chi connectivity index (χ1) is 10.7. The summed E-state index contributed by atoms with van der Waals surface area (Å²) in [6, 6.07) is 9.16. The molecule has 0 bridgehead atoms. The molecule has 6 heteroatoms. The van der Waals surface area contributed by atoms with E-state index in [4.69, 9.17) is 9.47 Å². The lowest BCUT2D eigenvalue weighted by molar-refractivity contribution is -0.169. The van der Waals surface area contributed by atoms with E-state index >= 15 is 0 Å². The van der Waals surface area contributed by atoms with Crippen LogP contribution in [0.5, 0.6) is 0 Å². The number of hydrogen-bond acceptors (Lipinski definition) is 4. The maximum absolute atomic E-state index is 12.8. The Kier molecular flexibility index (Phi) is 4.40. The second-order valence-corrected chi connectivity index (χ2v) is 5.53. The molecule has 118 valence electrons. The Hall–Kier alpha value is -1.92. The average molecular weight is 304 g/mol. The first kappa shape index (κ1) is 15.0. The van der Waals surface area contributed by atoms with E-state index in [0.29, 0.717) is 26.3 Å². The van der Waals surface area contributed by atoms with Gasteiger partial charge in [-0.3, -0.25) is 9.59 Å². The Bertz CT molecular complexity index is 542. The van der Waals surface area contributed by atoms with E-state index in [2.05, 4.69) is 0 Å². The van der Waals surface area contributed by atoms with Gasteiger partial charge < -0.3 is 19.3 Å². The molecule has 2 aliphatic rings. The number of nitrogens with zero attached hydrogens (tertiary/aromatic N) is 2. The lowest BCUT2D eigenvalue weighted by atomic mass is 9.97. The molecule has 0 spiro atoms. The van der Waals surface area contributed by atoms with Gasteiger partial charge in [0.15, 0.2) is 6.10 Å². The number of morpholine rings is 2. The minimum atomic E-state index is -0.664. The minimum absolute atomic E-state index is 0.0550. The molecule has 2 saturated heterocycles. The van der Waals surface area contributed by atoms with Crippen LogP contribution in [0, 0.1) is 0 Å². The molecule has 6 nitrogen and oxygen atoms in total. The van der Waals surface area contributed by atoms with Crippen molar-refractivity contribution in [1.82, 2.24) is 9.80 Å². The molecular weight excluding hydrogens is 284 g/mol. The van der Waals surface area contributed by atoms with Gasteiger partial charge in [0.05, 0.1) is 19.3 Å². The van der Waals surface area contributed by atoms with Crippen molar-refractivity contribution in [1.29, 1.82) is 0 Å². The number of benzene rings is 1. The lowest BCUT2D eigenvalue weighted by Crippen LogP contribution is -2.55. The number of ether oxygens (including phenoxy) is 2. The summed E-state index contributed by atoms with van der Waals surface area (Å²) in [7, 11) is 1.72. The van der Waals surface area contributed by atoms with Crippen LogP contribution in [0.25, 0.3) is 0 Å². The van der Waals surface area contributed by atoms with Crippen molar-refractivity contribution in [2.24, 2.45) is 0 Å². The van der Waals surface area contributed by atoms with Gasteiger partial charge in [0.1, 0.15) is 6.61 Å². The third kappa shape index (κ3) is 2.84. The van der Waals surface area contributed by atoms with Crippen LogP contribution < -0.4 is 0 Å². The maximum Gasteiger partial charge on any atom is 0.254 e. The zero-order chi connectivity index (χ0) is 15.5. The fourth-order valence-electron chi connectivity index (χ4n) is 2.93. The molecular formula is C16H20N2O4. The lowest BCUT2D eigenvalue weighted by Gasteiger charge is -2.40.